The van der Waals surface area contributed by atoms with Gasteiger partial charge < -0.3 is 5.32 Å². The Morgan fingerprint density at radius 3 is 2.05 bits per heavy atom. The number of hydrogen-bond acceptors (Lipinski definition) is 1. The van der Waals surface area contributed by atoms with E-state index in [9.17, 15) is 0 Å². The number of benzene rings is 1. The van der Waals surface area contributed by atoms with Gasteiger partial charge in [-0.15, -0.1) is 0 Å². The van der Waals surface area contributed by atoms with Crippen LogP contribution < -0.4 is 5.32 Å². The van der Waals surface area contributed by atoms with Gasteiger partial charge in [0.2, 0.25) is 0 Å². The van der Waals surface area contributed by atoms with E-state index in [1.165, 1.54) is 32.1 Å². The van der Waals surface area contributed by atoms with E-state index in [1.807, 2.05) is 0 Å². The summed E-state index contributed by atoms with van der Waals surface area (Å²) in [4.78, 5) is 0. The highest BCUT2D eigenvalue weighted by molar-refractivity contribution is 5.32. The van der Waals surface area contributed by atoms with Gasteiger partial charge in [-0.05, 0) is 73.4 Å². The standard InChI is InChI=1S/C20H31N/c1-4-21-20(18-10-14(2)9-15(3)11-18)19-12-16-7-5-6-8-17(16)13-19/h5-8,14-15,18-21H,4,9-13H2,1-3H3. The van der Waals surface area contributed by atoms with Crippen molar-refractivity contribution >= 4 is 0 Å². The quantitative estimate of drug-likeness (QED) is 0.861. The summed E-state index contributed by atoms with van der Waals surface area (Å²) in [7, 11) is 0. The molecular weight excluding hydrogens is 254 g/mol. The highest BCUT2D eigenvalue weighted by atomic mass is 14.9. The van der Waals surface area contributed by atoms with Crippen molar-refractivity contribution in [3.63, 3.8) is 0 Å². The second kappa shape index (κ2) is 6.52. The Hall–Kier alpha value is -0.820. The van der Waals surface area contributed by atoms with Gasteiger partial charge in [-0.3, -0.25) is 0 Å². The van der Waals surface area contributed by atoms with Gasteiger partial charge in [0.25, 0.3) is 0 Å². The molecule has 1 aromatic carbocycles. The van der Waals surface area contributed by atoms with Gasteiger partial charge in [0.05, 0.1) is 0 Å². The normalized spacial score (nSPS) is 31.1. The van der Waals surface area contributed by atoms with Crippen molar-refractivity contribution in [3.05, 3.63) is 35.4 Å². The van der Waals surface area contributed by atoms with E-state index in [0.717, 1.165) is 30.2 Å². The number of nitrogens with one attached hydrogen (secondary N) is 1. The first-order chi connectivity index (χ1) is 10.2. The average molecular weight is 285 g/mol. The lowest BCUT2D eigenvalue weighted by Crippen LogP contribution is -2.45. The number of hydrogen-bond donors (Lipinski definition) is 1. The largest absolute Gasteiger partial charge is 0.314 e. The lowest BCUT2D eigenvalue weighted by atomic mass is 9.70. The van der Waals surface area contributed by atoms with Crippen LogP contribution in [0.3, 0.4) is 0 Å². The zero-order valence-corrected chi connectivity index (χ0v) is 13.9. The van der Waals surface area contributed by atoms with E-state index in [4.69, 9.17) is 0 Å². The van der Waals surface area contributed by atoms with Crippen LogP contribution in [0.4, 0.5) is 0 Å². The zero-order chi connectivity index (χ0) is 14.8. The van der Waals surface area contributed by atoms with E-state index in [0.29, 0.717) is 6.04 Å². The molecule has 1 fully saturated rings. The number of fused-ring (bicyclic) bond motifs is 1. The monoisotopic (exact) mass is 285 g/mol. The third-order valence-corrected chi connectivity index (χ3v) is 5.75. The molecule has 116 valence electrons. The van der Waals surface area contributed by atoms with Crippen molar-refractivity contribution in [2.75, 3.05) is 6.54 Å². The summed E-state index contributed by atoms with van der Waals surface area (Å²) in [5, 5.41) is 3.87. The molecule has 0 spiro atoms. The zero-order valence-electron chi connectivity index (χ0n) is 13.9. The second-order valence-corrected chi connectivity index (χ2v) is 7.70. The Morgan fingerprint density at radius 2 is 1.52 bits per heavy atom. The summed E-state index contributed by atoms with van der Waals surface area (Å²) >= 11 is 0. The van der Waals surface area contributed by atoms with Crippen LogP contribution in [0.25, 0.3) is 0 Å². The van der Waals surface area contributed by atoms with Crippen LogP contribution in [0, 0.1) is 23.7 Å². The Bertz CT molecular complexity index is 432. The van der Waals surface area contributed by atoms with Crippen LogP contribution >= 0.6 is 0 Å². The lowest BCUT2D eigenvalue weighted by molar-refractivity contribution is 0.146. The van der Waals surface area contributed by atoms with E-state index >= 15 is 0 Å². The van der Waals surface area contributed by atoms with Gasteiger partial charge in [-0.2, -0.15) is 0 Å². The molecule has 3 atom stereocenters. The van der Waals surface area contributed by atoms with Crippen LogP contribution in [-0.2, 0) is 12.8 Å². The van der Waals surface area contributed by atoms with Gasteiger partial charge in [0.15, 0.2) is 0 Å². The summed E-state index contributed by atoms with van der Waals surface area (Å²) in [6.07, 6.45) is 6.85. The molecule has 3 unspecified atom stereocenters. The number of rotatable bonds is 4. The molecule has 1 nitrogen and oxygen atoms in total. The minimum atomic E-state index is 0.715. The van der Waals surface area contributed by atoms with E-state index in [1.54, 1.807) is 11.1 Å². The van der Waals surface area contributed by atoms with Crippen molar-refractivity contribution in [1.29, 1.82) is 0 Å². The van der Waals surface area contributed by atoms with Crippen LogP contribution in [0.1, 0.15) is 51.2 Å². The minimum absolute atomic E-state index is 0.715. The highest BCUT2D eigenvalue weighted by Crippen LogP contribution is 2.39. The van der Waals surface area contributed by atoms with Crippen LogP contribution in [0.5, 0.6) is 0 Å². The molecule has 3 rings (SSSR count). The van der Waals surface area contributed by atoms with Crippen molar-refractivity contribution in [3.8, 4) is 0 Å². The molecule has 2 aliphatic rings. The molecule has 0 saturated heterocycles. The van der Waals surface area contributed by atoms with E-state index < -0.39 is 0 Å². The van der Waals surface area contributed by atoms with Crippen molar-refractivity contribution < 1.29 is 0 Å². The molecule has 0 amide bonds. The molecule has 1 saturated carbocycles. The molecule has 0 radical (unpaired) electrons. The fourth-order valence-electron chi connectivity index (χ4n) is 5.10. The predicted octanol–water partition coefficient (Wildman–Crippen LogP) is 4.45. The van der Waals surface area contributed by atoms with Crippen molar-refractivity contribution in [2.24, 2.45) is 23.7 Å². The topological polar surface area (TPSA) is 12.0 Å². The van der Waals surface area contributed by atoms with Gasteiger partial charge in [-0.25, -0.2) is 0 Å². The summed E-state index contributed by atoms with van der Waals surface area (Å²) in [6.45, 7) is 8.28. The van der Waals surface area contributed by atoms with E-state index in [2.05, 4.69) is 50.4 Å². The smallest absolute Gasteiger partial charge is 0.0130 e. The maximum Gasteiger partial charge on any atom is 0.0130 e. The fourth-order valence-corrected chi connectivity index (χ4v) is 5.10. The van der Waals surface area contributed by atoms with Crippen LogP contribution in [0.15, 0.2) is 24.3 Å². The van der Waals surface area contributed by atoms with Crippen molar-refractivity contribution in [2.45, 2.75) is 58.9 Å². The third-order valence-electron chi connectivity index (χ3n) is 5.75. The van der Waals surface area contributed by atoms with Gasteiger partial charge in [0.1, 0.15) is 0 Å². The predicted molar refractivity (Wildman–Crippen MR) is 90.5 cm³/mol. The highest BCUT2D eigenvalue weighted by Gasteiger charge is 2.36. The Morgan fingerprint density at radius 1 is 0.952 bits per heavy atom. The fraction of sp³-hybridized carbons (Fsp3) is 0.700. The minimum Gasteiger partial charge on any atom is -0.314 e. The second-order valence-electron chi connectivity index (χ2n) is 7.70. The molecule has 0 bridgehead atoms. The molecule has 1 heteroatoms. The Balaban J connectivity index is 1.73. The van der Waals surface area contributed by atoms with E-state index in [-0.39, 0.29) is 0 Å². The third kappa shape index (κ3) is 3.34. The molecule has 1 aromatic rings. The molecule has 21 heavy (non-hydrogen) atoms. The first kappa shape index (κ1) is 15.1. The Kier molecular flexibility index (Phi) is 4.69. The maximum absolute atomic E-state index is 3.87. The first-order valence-electron chi connectivity index (χ1n) is 8.97. The molecule has 1 N–H and O–H groups in total. The maximum atomic E-state index is 3.87. The van der Waals surface area contributed by atoms with Gasteiger partial charge in [-0.1, -0.05) is 45.0 Å². The van der Waals surface area contributed by atoms with Crippen LogP contribution in [-0.4, -0.2) is 12.6 Å². The molecule has 0 aliphatic heterocycles. The SMILES string of the molecule is CCNC(C1Cc2ccccc2C1)C1CC(C)CC(C)C1. The molecule has 2 aliphatic carbocycles. The Labute approximate surface area is 130 Å². The first-order valence-corrected chi connectivity index (χ1v) is 8.97. The summed E-state index contributed by atoms with van der Waals surface area (Å²) in [5.74, 6) is 3.50. The van der Waals surface area contributed by atoms with Gasteiger partial charge in [0, 0.05) is 6.04 Å². The summed E-state index contributed by atoms with van der Waals surface area (Å²) in [6, 6.07) is 9.80. The lowest BCUT2D eigenvalue weighted by Gasteiger charge is -2.39. The summed E-state index contributed by atoms with van der Waals surface area (Å²) < 4.78 is 0. The van der Waals surface area contributed by atoms with Crippen molar-refractivity contribution in [1.82, 2.24) is 5.32 Å². The molecule has 0 heterocycles. The van der Waals surface area contributed by atoms with Gasteiger partial charge >= 0.3 is 0 Å². The van der Waals surface area contributed by atoms with Crippen LogP contribution in [0.2, 0.25) is 0 Å². The molecule has 0 aromatic heterocycles. The summed E-state index contributed by atoms with van der Waals surface area (Å²) in [5.41, 5.74) is 3.20. The average Bonchev–Trinajstić information content (AvgIpc) is 2.87. The molecular formula is C20H31N.